The Morgan fingerprint density at radius 3 is 2.88 bits per heavy atom. The number of carbonyl (C=O) groups is 1. The largest absolute Gasteiger partial charge is 0.395 e. The third-order valence-corrected chi connectivity index (χ3v) is 2.13. The maximum Gasteiger partial charge on any atom is 0.274 e. The minimum absolute atomic E-state index is 0.132. The number of carbonyl (C=O) groups excluding carboxylic acids is 1. The maximum atomic E-state index is 11.7. The smallest absolute Gasteiger partial charge is 0.274 e. The fourth-order valence-electron chi connectivity index (χ4n) is 1.21. The highest BCUT2D eigenvalue weighted by Crippen LogP contribution is 2.12. The first-order valence-corrected chi connectivity index (χ1v) is 4.81. The van der Waals surface area contributed by atoms with Crippen LogP contribution in [0.2, 0.25) is 0 Å². The number of rotatable bonds is 5. The lowest BCUT2D eigenvalue weighted by atomic mass is 10.2. The van der Waals surface area contributed by atoms with Gasteiger partial charge in [0, 0.05) is 7.11 Å². The van der Waals surface area contributed by atoms with Crippen molar-refractivity contribution in [2.45, 2.75) is 13.0 Å². The van der Waals surface area contributed by atoms with Crippen LogP contribution in [-0.4, -0.2) is 47.6 Å². The van der Waals surface area contributed by atoms with Crippen molar-refractivity contribution in [2.24, 2.45) is 0 Å². The Labute approximate surface area is 93.0 Å². The lowest BCUT2D eigenvalue weighted by molar-refractivity contribution is 0.0836. The van der Waals surface area contributed by atoms with Crippen LogP contribution in [0.3, 0.4) is 0 Å². The number of nitrogens with one attached hydrogen (secondary N) is 2. The molecule has 1 rings (SSSR count). The van der Waals surface area contributed by atoms with Gasteiger partial charge < -0.3 is 20.9 Å². The number of aliphatic hydroxyl groups excluding tert-OH is 1. The molecule has 0 saturated heterocycles. The molecule has 0 spiro atoms. The molecule has 0 aliphatic rings. The van der Waals surface area contributed by atoms with Crippen LogP contribution in [-0.2, 0) is 4.74 Å². The number of methoxy groups -OCH3 is 1. The van der Waals surface area contributed by atoms with Crippen LogP contribution in [0, 0.1) is 6.92 Å². The molecule has 7 heteroatoms. The van der Waals surface area contributed by atoms with Crippen molar-refractivity contribution in [2.75, 3.05) is 26.1 Å². The molecule has 1 aromatic rings. The Bertz CT molecular complexity index is 364. The molecule has 7 nitrogen and oxygen atoms in total. The summed E-state index contributed by atoms with van der Waals surface area (Å²) in [4.78, 5) is 11.7. The summed E-state index contributed by atoms with van der Waals surface area (Å²) in [6, 6.07) is -0.464. The van der Waals surface area contributed by atoms with Crippen LogP contribution in [0.15, 0.2) is 0 Å². The summed E-state index contributed by atoms with van der Waals surface area (Å²) in [5.74, 6) is -0.432. The predicted octanol–water partition coefficient (Wildman–Crippen LogP) is -0.963. The molecular formula is C9H16N4O3. The van der Waals surface area contributed by atoms with Crippen molar-refractivity contribution in [3.63, 3.8) is 0 Å². The summed E-state index contributed by atoms with van der Waals surface area (Å²) in [6.07, 6.45) is 0. The first-order valence-electron chi connectivity index (χ1n) is 4.81. The second kappa shape index (κ2) is 5.47. The third kappa shape index (κ3) is 2.71. The molecular weight excluding hydrogens is 212 g/mol. The third-order valence-electron chi connectivity index (χ3n) is 2.13. The highest BCUT2D eigenvalue weighted by atomic mass is 16.5. The summed E-state index contributed by atoms with van der Waals surface area (Å²) in [5, 5.41) is 17.9. The number of anilines is 1. The molecule has 1 unspecified atom stereocenters. The average molecular weight is 228 g/mol. The molecule has 0 bridgehead atoms. The quantitative estimate of drug-likeness (QED) is 0.518. The van der Waals surface area contributed by atoms with Crippen LogP contribution >= 0.6 is 0 Å². The Morgan fingerprint density at radius 2 is 2.44 bits per heavy atom. The number of amides is 1. The van der Waals surface area contributed by atoms with Crippen molar-refractivity contribution >= 4 is 11.6 Å². The summed E-state index contributed by atoms with van der Waals surface area (Å²) in [6.45, 7) is 1.74. The van der Waals surface area contributed by atoms with E-state index in [1.54, 1.807) is 6.92 Å². The summed E-state index contributed by atoms with van der Waals surface area (Å²) in [5.41, 5.74) is 6.73. The number of nitrogen functional groups attached to an aromatic ring is 1. The van der Waals surface area contributed by atoms with E-state index in [1.807, 2.05) is 0 Å². The van der Waals surface area contributed by atoms with E-state index in [2.05, 4.69) is 15.5 Å². The Kier molecular flexibility index (Phi) is 4.27. The number of hydrogen-bond acceptors (Lipinski definition) is 5. The van der Waals surface area contributed by atoms with Crippen LogP contribution in [0.25, 0.3) is 0 Å². The standard InChI is InChI=1S/C9H16N4O3/c1-5-7(10)8(13-12-5)9(15)11-6(3-14)4-16-2/h6,14H,3-4,10H2,1-2H3,(H,11,15)(H,12,13). The predicted molar refractivity (Wildman–Crippen MR) is 58.0 cm³/mol. The molecule has 0 aliphatic heterocycles. The summed E-state index contributed by atoms with van der Waals surface area (Å²) in [7, 11) is 1.49. The lowest BCUT2D eigenvalue weighted by Crippen LogP contribution is -2.41. The van der Waals surface area contributed by atoms with E-state index in [0.29, 0.717) is 11.4 Å². The summed E-state index contributed by atoms with van der Waals surface area (Å²) >= 11 is 0. The number of aromatic amines is 1. The van der Waals surface area contributed by atoms with Gasteiger partial charge in [0.15, 0.2) is 5.69 Å². The molecule has 0 fully saturated rings. The van der Waals surface area contributed by atoms with Gasteiger partial charge in [0.1, 0.15) is 0 Å². The van der Waals surface area contributed by atoms with E-state index in [-0.39, 0.29) is 18.9 Å². The first-order chi connectivity index (χ1) is 7.60. The molecule has 16 heavy (non-hydrogen) atoms. The van der Waals surface area contributed by atoms with Gasteiger partial charge in [0.25, 0.3) is 5.91 Å². The van der Waals surface area contributed by atoms with Crippen LogP contribution in [0.5, 0.6) is 0 Å². The van der Waals surface area contributed by atoms with Crippen molar-refractivity contribution in [1.29, 1.82) is 0 Å². The fourth-order valence-corrected chi connectivity index (χ4v) is 1.21. The van der Waals surface area contributed by atoms with Gasteiger partial charge in [-0.3, -0.25) is 9.89 Å². The molecule has 90 valence electrons. The number of H-pyrrole nitrogens is 1. The van der Waals surface area contributed by atoms with Gasteiger partial charge in [0.05, 0.1) is 30.6 Å². The second-order valence-corrected chi connectivity index (χ2v) is 3.42. The molecule has 0 aromatic carbocycles. The zero-order valence-corrected chi connectivity index (χ0v) is 9.28. The molecule has 1 heterocycles. The lowest BCUT2D eigenvalue weighted by Gasteiger charge is -2.14. The van der Waals surface area contributed by atoms with Crippen molar-refractivity contribution < 1.29 is 14.6 Å². The molecule has 0 radical (unpaired) electrons. The van der Waals surface area contributed by atoms with E-state index in [0.717, 1.165) is 0 Å². The van der Waals surface area contributed by atoms with Gasteiger partial charge in [-0.1, -0.05) is 0 Å². The highest BCUT2D eigenvalue weighted by molar-refractivity contribution is 5.97. The van der Waals surface area contributed by atoms with E-state index < -0.39 is 11.9 Å². The number of nitrogens with zero attached hydrogens (tertiary/aromatic N) is 1. The summed E-state index contributed by atoms with van der Waals surface area (Å²) < 4.78 is 4.83. The number of hydrogen-bond donors (Lipinski definition) is 4. The van der Waals surface area contributed by atoms with E-state index in [4.69, 9.17) is 15.6 Å². The molecule has 0 aliphatic carbocycles. The van der Waals surface area contributed by atoms with Crippen molar-refractivity contribution in [3.8, 4) is 0 Å². The van der Waals surface area contributed by atoms with Gasteiger partial charge in [-0.25, -0.2) is 0 Å². The SMILES string of the molecule is COCC(CO)NC(=O)c1n[nH]c(C)c1N. The van der Waals surface area contributed by atoms with Gasteiger partial charge in [-0.15, -0.1) is 0 Å². The molecule has 1 aromatic heterocycles. The van der Waals surface area contributed by atoms with Crippen LogP contribution < -0.4 is 11.1 Å². The van der Waals surface area contributed by atoms with E-state index in [1.165, 1.54) is 7.11 Å². The van der Waals surface area contributed by atoms with Crippen LogP contribution in [0.1, 0.15) is 16.2 Å². The molecule has 1 amide bonds. The minimum Gasteiger partial charge on any atom is -0.395 e. The first kappa shape index (κ1) is 12.5. The Morgan fingerprint density at radius 1 is 1.75 bits per heavy atom. The zero-order chi connectivity index (χ0) is 12.1. The van der Waals surface area contributed by atoms with E-state index in [9.17, 15) is 4.79 Å². The topological polar surface area (TPSA) is 113 Å². The number of aliphatic hydroxyl groups is 1. The molecule has 1 atom stereocenters. The number of ether oxygens (including phenoxy) is 1. The maximum absolute atomic E-state index is 11.7. The Hall–Kier alpha value is -1.60. The molecule has 5 N–H and O–H groups in total. The van der Waals surface area contributed by atoms with Gasteiger partial charge in [-0.2, -0.15) is 5.10 Å². The second-order valence-electron chi connectivity index (χ2n) is 3.42. The average Bonchev–Trinajstić information content (AvgIpc) is 2.59. The van der Waals surface area contributed by atoms with E-state index >= 15 is 0 Å². The number of aryl methyl sites for hydroxylation is 1. The van der Waals surface area contributed by atoms with Gasteiger partial charge in [0.2, 0.25) is 0 Å². The fraction of sp³-hybridized carbons (Fsp3) is 0.556. The normalized spacial score (nSPS) is 12.4. The van der Waals surface area contributed by atoms with Gasteiger partial charge >= 0.3 is 0 Å². The number of nitrogens with two attached hydrogens (primary N) is 1. The zero-order valence-electron chi connectivity index (χ0n) is 9.28. The number of aromatic nitrogens is 2. The van der Waals surface area contributed by atoms with Crippen LogP contribution in [0.4, 0.5) is 5.69 Å². The minimum atomic E-state index is -0.464. The highest BCUT2D eigenvalue weighted by Gasteiger charge is 2.18. The van der Waals surface area contributed by atoms with Crippen molar-refractivity contribution in [1.82, 2.24) is 15.5 Å². The van der Waals surface area contributed by atoms with Gasteiger partial charge in [-0.05, 0) is 6.92 Å². The monoisotopic (exact) mass is 228 g/mol. The Balaban J connectivity index is 2.68. The molecule has 0 saturated carbocycles. The van der Waals surface area contributed by atoms with Crippen molar-refractivity contribution in [3.05, 3.63) is 11.4 Å².